The molecule has 2 radical (unpaired) electrons. The van der Waals surface area contributed by atoms with E-state index < -0.39 is 0 Å². The standard InChI is InChI=1S/C4H10FN.Ca/c1-3-6(5)4-2;/h3-4H2,1-2H3;. The minimum absolute atomic E-state index is 0. The van der Waals surface area contributed by atoms with E-state index in [-0.39, 0.29) is 37.7 Å². The molecule has 0 atom stereocenters. The predicted octanol–water partition coefficient (Wildman–Crippen LogP) is 0.832. The van der Waals surface area contributed by atoms with Crippen molar-refractivity contribution in [1.29, 1.82) is 0 Å². The normalized spacial score (nSPS) is 8.57. The number of nitrogens with zero attached hydrogens (tertiary/aromatic N) is 1. The van der Waals surface area contributed by atoms with Crippen molar-refractivity contribution < 1.29 is 4.48 Å². The third-order valence-corrected chi connectivity index (χ3v) is 0.686. The minimum atomic E-state index is 0. The molecule has 40 valence electrons. The Hall–Kier alpha value is 1.15. The number of hydrogen-bond acceptors (Lipinski definition) is 1. The van der Waals surface area contributed by atoms with Crippen LogP contribution in [0.4, 0.5) is 4.48 Å². The Morgan fingerprint density at radius 3 is 1.57 bits per heavy atom. The average molecular weight is 131 g/mol. The molecule has 3 heteroatoms. The summed E-state index contributed by atoms with van der Waals surface area (Å²) >= 11 is 0. The molecule has 0 bridgehead atoms. The van der Waals surface area contributed by atoms with Crippen LogP contribution in [0.1, 0.15) is 13.8 Å². The molecular weight excluding hydrogens is 121 g/mol. The monoisotopic (exact) mass is 131 g/mol. The van der Waals surface area contributed by atoms with Gasteiger partial charge in [-0.15, -0.1) is 9.60 Å². The van der Waals surface area contributed by atoms with E-state index in [0.717, 1.165) is 5.12 Å². The van der Waals surface area contributed by atoms with Crippen molar-refractivity contribution in [2.45, 2.75) is 13.8 Å². The van der Waals surface area contributed by atoms with Crippen LogP contribution >= 0.6 is 0 Å². The second-order valence-electron chi connectivity index (χ2n) is 1.10. The van der Waals surface area contributed by atoms with Crippen LogP contribution in [0.15, 0.2) is 0 Å². The quantitative estimate of drug-likeness (QED) is 0.396. The number of hydrogen-bond donors (Lipinski definition) is 0. The molecule has 0 amide bonds. The average Bonchev–Trinajstić information content (AvgIpc) is 1.65. The first-order valence-corrected chi connectivity index (χ1v) is 2.22. The van der Waals surface area contributed by atoms with E-state index in [9.17, 15) is 4.48 Å². The summed E-state index contributed by atoms with van der Waals surface area (Å²) in [6, 6.07) is 0. The van der Waals surface area contributed by atoms with Crippen molar-refractivity contribution >= 4 is 37.7 Å². The minimum Gasteiger partial charge on any atom is -0.147 e. The van der Waals surface area contributed by atoms with Crippen molar-refractivity contribution in [2.75, 3.05) is 13.1 Å². The Morgan fingerprint density at radius 1 is 1.29 bits per heavy atom. The summed E-state index contributed by atoms with van der Waals surface area (Å²) in [6.07, 6.45) is 0. The SMILES string of the molecule is CCN(F)CC.[Ca]. The molecule has 0 N–H and O–H groups in total. The Bertz CT molecular complexity index is 30.9. The van der Waals surface area contributed by atoms with E-state index >= 15 is 0 Å². The Labute approximate surface area is 73.8 Å². The van der Waals surface area contributed by atoms with E-state index in [0.29, 0.717) is 13.1 Å². The molecule has 0 aromatic rings. The summed E-state index contributed by atoms with van der Waals surface area (Å²) in [5.74, 6) is 0. The van der Waals surface area contributed by atoms with Gasteiger partial charge in [-0.2, -0.15) is 0 Å². The van der Waals surface area contributed by atoms with E-state index in [4.69, 9.17) is 0 Å². The zero-order chi connectivity index (χ0) is 4.99. The van der Waals surface area contributed by atoms with Crippen LogP contribution in [0.3, 0.4) is 0 Å². The van der Waals surface area contributed by atoms with Gasteiger partial charge in [0.25, 0.3) is 0 Å². The smallest absolute Gasteiger partial charge is 0.0261 e. The zero-order valence-electron chi connectivity index (χ0n) is 4.95. The second-order valence-corrected chi connectivity index (χ2v) is 1.10. The van der Waals surface area contributed by atoms with Gasteiger partial charge in [-0.05, 0) is 13.8 Å². The van der Waals surface area contributed by atoms with Gasteiger partial charge in [-0.25, -0.2) is 0 Å². The van der Waals surface area contributed by atoms with Crippen molar-refractivity contribution in [2.24, 2.45) is 0 Å². The molecule has 1 nitrogen and oxygen atoms in total. The molecule has 0 fully saturated rings. The molecule has 0 aliphatic rings. The maximum absolute atomic E-state index is 11.7. The van der Waals surface area contributed by atoms with Gasteiger partial charge in [-0.3, -0.25) is 0 Å². The summed E-state index contributed by atoms with van der Waals surface area (Å²) in [4.78, 5) is 0. The topological polar surface area (TPSA) is 3.24 Å². The van der Waals surface area contributed by atoms with Gasteiger partial charge in [0.1, 0.15) is 0 Å². The third kappa shape index (κ3) is 7.15. The van der Waals surface area contributed by atoms with Crippen LogP contribution in [0, 0.1) is 0 Å². The fourth-order valence-electron chi connectivity index (χ4n) is 0.224. The van der Waals surface area contributed by atoms with E-state index in [2.05, 4.69) is 0 Å². The van der Waals surface area contributed by atoms with Crippen LogP contribution in [0.25, 0.3) is 0 Å². The molecule has 0 unspecified atom stereocenters. The molecule has 0 rings (SSSR count). The van der Waals surface area contributed by atoms with Crippen LogP contribution < -0.4 is 0 Å². The summed E-state index contributed by atoms with van der Waals surface area (Å²) in [5.41, 5.74) is 0. The van der Waals surface area contributed by atoms with Gasteiger partial charge in [0.2, 0.25) is 0 Å². The van der Waals surface area contributed by atoms with Gasteiger partial charge in [0.05, 0.1) is 0 Å². The summed E-state index contributed by atoms with van der Waals surface area (Å²) < 4.78 is 11.7. The summed E-state index contributed by atoms with van der Waals surface area (Å²) in [5, 5.41) is 0.750. The van der Waals surface area contributed by atoms with E-state index in [1.807, 2.05) is 0 Å². The molecule has 0 spiro atoms. The molecule has 0 heterocycles. The molecular formula is C4H10CaFN. The summed E-state index contributed by atoms with van der Waals surface area (Å²) in [7, 11) is 0. The maximum atomic E-state index is 11.7. The van der Waals surface area contributed by atoms with Crippen LogP contribution in [0.5, 0.6) is 0 Å². The Morgan fingerprint density at radius 2 is 1.57 bits per heavy atom. The largest absolute Gasteiger partial charge is 0.147 e. The van der Waals surface area contributed by atoms with Gasteiger partial charge in [-0.1, -0.05) is 0 Å². The molecule has 0 aromatic carbocycles. The first-order valence-electron chi connectivity index (χ1n) is 2.22. The molecule has 0 aliphatic carbocycles. The van der Waals surface area contributed by atoms with E-state index in [1.165, 1.54) is 0 Å². The van der Waals surface area contributed by atoms with Crippen LogP contribution in [0.2, 0.25) is 0 Å². The Kier molecular flexibility index (Phi) is 11.3. The second kappa shape index (κ2) is 7.15. The maximum Gasteiger partial charge on any atom is 0.0261 e. The van der Waals surface area contributed by atoms with Crippen molar-refractivity contribution in [3.05, 3.63) is 0 Å². The van der Waals surface area contributed by atoms with Gasteiger partial charge >= 0.3 is 0 Å². The zero-order valence-corrected chi connectivity index (χ0v) is 7.15. The molecule has 0 aromatic heterocycles. The first kappa shape index (κ1) is 11.0. The molecule has 7 heavy (non-hydrogen) atoms. The Balaban J connectivity index is 0. The molecule has 0 saturated heterocycles. The van der Waals surface area contributed by atoms with Gasteiger partial charge in [0, 0.05) is 50.8 Å². The van der Waals surface area contributed by atoms with Crippen molar-refractivity contribution in [1.82, 2.24) is 5.12 Å². The van der Waals surface area contributed by atoms with Gasteiger partial charge < -0.3 is 0 Å². The van der Waals surface area contributed by atoms with Crippen molar-refractivity contribution in [3.8, 4) is 0 Å². The third-order valence-electron chi connectivity index (χ3n) is 0.686. The van der Waals surface area contributed by atoms with Crippen LogP contribution in [-0.2, 0) is 0 Å². The van der Waals surface area contributed by atoms with E-state index in [1.54, 1.807) is 13.8 Å². The van der Waals surface area contributed by atoms with Gasteiger partial charge in [0.15, 0.2) is 0 Å². The number of halogens is 1. The molecule has 0 aliphatic heterocycles. The predicted molar refractivity (Wildman–Crippen MR) is 29.8 cm³/mol. The van der Waals surface area contributed by atoms with Crippen LogP contribution in [-0.4, -0.2) is 55.9 Å². The fraction of sp³-hybridized carbons (Fsp3) is 1.00. The first-order chi connectivity index (χ1) is 2.81. The van der Waals surface area contributed by atoms with Crippen molar-refractivity contribution in [3.63, 3.8) is 0 Å². The fourth-order valence-corrected chi connectivity index (χ4v) is 0.224. The number of rotatable bonds is 2. The summed E-state index contributed by atoms with van der Waals surface area (Å²) in [6.45, 7) is 4.56. The molecule has 0 saturated carbocycles.